The summed E-state index contributed by atoms with van der Waals surface area (Å²) in [6.45, 7) is 5.89. The fourth-order valence-corrected chi connectivity index (χ4v) is 1.69. The van der Waals surface area contributed by atoms with Crippen LogP contribution in [0.1, 0.15) is 31.9 Å². The summed E-state index contributed by atoms with van der Waals surface area (Å²) in [5.74, 6) is 0.774. The zero-order valence-corrected chi connectivity index (χ0v) is 12.2. The smallest absolute Gasteiger partial charge is 0.216 e. The molecular weight excluding hydrogens is 256 g/mol. The molecule has 1 unspecified atom stereocenters. The standard InChI is InChI=1S/C15H24N2O3/c1-3-10-20-14-6-4-13(5-7-14)15(19)11-16-8-9-17-12(2)18/h4-7,15-16,19H,3,8-11H2,1-2H3,(H,17,18). The first-order chi connectivity index (χ1) is 9.63. The van der Waals surface area contributed by atoms with Gasteiger partial charge in [0.05, 0.1) is 12.7 Å². The number of ether oxygens (including phenoxy) is 1. The highest BCUT2D eigenvalue weighted by atomic mass is 16.5. The number of carbonyl (C=O) groups is 1. The topological polar surface area (TPSA) is 70.6 Å². The number of hydrogen-bond acceptors (Lipinski definition) is 4. The fourth-order valence-electron chi connectivity index (χ4n) is 1.69. The summed E-state index contributed by atoms with van der Waals surface area (Å²) in [5, 5.41) is 15.8. The van der Waals surface area contributed by atoms with E-state index in [0.29, 0.717) is 26.2 Å². The Morgan fingerprint density at radius 3 is 2.60 bits per heavy atom. The molecule has 112 valence electrons. The molecule has 0 saturated carbocycles. The van der Waals surface area contributed by atoms with Gasteiger partial charge in [0.15, 0.2) is 0 Å². The van der Waals surface area contributed by atoms with E-state index in [2.05, 4.69) is 17.6 Å². The highest BCUT2D eigenvalue weighted by Gasteiger charge is 2.06. The lowest BCUT2D eigenvalue weighted by atomic mass is 10.1. The van der Waals surface area contributed by atoms with E-state index in [1.807, 2.05) is 24.3 Å². The summed E-state index contributed by atoms with van der Waals surface area (Å²) in [6, 6.07) is 7.47. The molecule has 1 amide bonds. The molecule has 0 aliphatic rings. The fraction of sp³-hybridized carbons (Fsp3) is 0.533. The van der Waals surface area contributed by atoms with Gasteiger partial charge in [0.2, 0.25) is 5.91 Å². The number of rotatable bonds is 9. The van der Waals surface area contributed by atoms with Gasteiger partial charge in [-0.15, -0.1) is 0 Å². The summed E-state index contributed by atoms with van der Waals surface area (Å²) in [4.78, 5) is 10.7. The first-order valence-corrected chi connectivity index (χ1v) is 6.99. The third-order valence-electron chi connectivity index (χ3n) is 2.75. The van der Waals surface area contributed by atoms with Gasteiger partial charge in [0.1, 0.15) is 5.75 Å². The maximum Gasteiger partial charge on any atom is 0.216 e. The van der Waals surface area contributed by atoms with Crippen LogP contribution in [0.4, 0.5) is 0 Å². The van der Waals surface area contributed by atoms with Crippen LogP contribution in [0.3, 0.4) is 0 Å². The van der Waals surface area contributed by atoms with E-state index in [4.69, 9.17) is 4.74 Å². The van der Waals surface area contributed by atoms with Crippen molar-refractivity contribution in [3.63, 3.8) is 0 Å². The van der Waals surface area contributed by atoms with Crippen molar-refractivity contribution < 1.29 is 14.6 Å². The van der Waals surface area contributed by atoms with Crippen LogP contribution < -0.4 is 15.4 Å². The van der Waals surface area contributed by atoms with Gasteiger partial charge in [0.25, 0.3) is 0 Å². The van der Waals surface area contributed by atoms with Crippen molar-refractivity contribution in [3.8, 4) is 5.75 Å². The molecule has 1 aromatic rings. The highest BCUT2D eigenvalue weighted by Crippen LogP contribution is 2.17. The average molecular weight is 280 g/mol. The highest BCUT2D eigenvalue weighted by molar-refractivity contribution is 5.72. The van der Waals surface area contributed by atoms with E-state index in [-0.39, 0.29) is 5.91 Å². The first kappa shape index (κ1) is 16.5. The Hall–Kier alpha value is -1.59. The second-order valence-corrected chi connectivity index (χ2v) is 4.62. The van der Waals surface area contributed by atoms with Gasteiger partial charge in [0, 0.05) is 26.6 Å². The molecule has 3 N–H and O–H groups in total. The van der Waals surface area contributed by atoms with Gasteiger partial charge < -0.3 is 20.5 Å². The van der Waals surface area contributed by atoms with Crippen molar-refractivity contribution in [1.82, 2.24) is 10.6 Å². The lowest BCUT2D eigenvalue weighted by Gasteiger charge is -2.13. The van der Waals surface area contributed by atoms with Crippen LogP contribution in [0, 0.1) is 0 Å². The number of aliphatic hydroxyl groups excluding tert-OH is 1. The molecule has 0 aromatic heterocycles. The number of aliphatic hydroxyl groups is 1. The number of carbonyl (C=O) groups excluding carboxylic acids is 1. The zero-order valence-electron chi connectivity index (χ0n) is 12.2. The van der Waals surface area contributed by atoms with Crippen LogP contribution >= 0.6 is 0 Å². The van der Waals surface area contributed by atoms with Gasteiger partial charge in [-0.3, -0.25) is 4.79 Å². The summed E-state index contributed by atoms with van der Waals surface area (Å²) >= 11 is 0. The first-order valence-electron chi connectivity index (χ1n) is 6.99. The molecule has 0 spiro atoms. The van der Waals surface area contributed by atoms with Crippen LogP contribution in [-0.4, -0.2) is 37.3 Å². The molecule has 1 rings (SSSR count). The second kappa shape index (κ2) is 9.34. The van der Waals surface area contributed by atoms with Gasteiger partial charge >= 0.3 is 0 Å². The number of hydrogen-bond donors (Lipinski definition) is 3. The minimum atomic E-state index is -0.562. The van der Waals surface area contributed by atoms with Crippen molar-refractivity contribution in [2.24, 2.45) is 0 Å². The molecule has 1 aromatic carbocycles. The van der Waals surface area contributed by atoms with Gasteiger partial charge in [-0.1, -0.05) is 19.1 Å². The van der Waals surface area contributed by atoms with E-state index >= 15 is 0 Å². The van der Waals surface area contributed by atoms with E-state index in [0.717, 1.165) is 17.7 Å². The Kier molecular flexibility index (Phi) is 7.69. The van der Waals surface area contributed by atoms with E-state index in [1.165, 1.54) is 6.92 Å². The number of amides is 1. The Morgan fingerprint density at radius 1 is 1.30 bits per heavy atom. The van der Waals surface area contributed by atoms with Gasteiger partial charge in [-0.25, -0.2) is 0 Å². The normalized spacial score (nSPS) is 11.9. The van der Waals surface area contributed by atoms with Crippen LogP contribution in [-0.2, 0) is 4.79 Å². The maximum absolute atomic E-state index is 10.7. The zero-order chi connectivity index (χ0) is 14.8. The maximum atomic E-state index is 10.7. The van der Waals surface area contributed by atoms with E-state index in [9.17, 15) is 9.90 Å². The lowest BCUT2D eigenvalue weighted by Crippen LogP contribution is -2.32. The molecular formula is C15H24N2O3. The molecule has 5 nitrogen and oxygen atoms in total. The average Bonchev–Trinajstić information content (AvgIpc) is 2.44. The van der Waals surface area contributed by atoms with Crippen LogP contribution in [0.25, 0.3) is 0 Å². The van der Waals surface area contributed by atoms with E-state index in [1.54, 1.807) is 0 Å². The molecule has 0 bridgehead atoms. The van der Waals surface area contributed by atoms with Crippen molar-refractivity contribution in [3.05, 3.63) is 29.8 Å². The van der Waals surface area contributed by atoms with Crippen molar-refractivity contribution in [2.75, 3.05) is 26.2 Å². The molecule has 0 saturated heterocycles. The largest absolute Gasteiger partial charge is 0.494 e. The van der Waals surface area contributed by atoms with Crippen LogP contribution in [0.5, 0.6) is 5.75 Å². The summed E-state index contributed by atoms with van der Waals surface area (Å²) in [7, 11) is 0. The number of benzene rings is 1. The Balaban J connectivity index is 2.28. The summed E-state index contributed by atoms with van der Waals surface area (Å²) in [6.07, 6.45) is 0.412. The molecule has 1 atom stereocenters. The monoisotopic (exact) mass is 280 g/mol. The molecule has 0 heterocycles. The third kappa shape index (κ3) is 6.54. The van der Waals surface area contributed by atoms with Crippen molar-refractivity contribution in [2.45, 2.75) is 26.4 Å². The molecule has 0 aliphatic carbocycles. The summed E-state index contributed by atoms with van der Waals surface area (Å²) < 4.78 is 5.49. The number of nitrogens with one attached hydrogen (secondary N) is 2. The van der Waals surface area contributed by atoms with Gasteiger partial charge in [-0.05, 0) is 24.1 Å². The minimum Gasteiger partial charge on any atom is -0.494 e. The Labute approximate surface area is 120 Å². The SMILES string of the molecule is CCCOc1ccc(C(O)CNCCNC(C)=O)cc1. The predicted molar refractivity (Wildman–Crippen MR) is 78.7 cm³/mol. The van der Waals surface area contributed by atoms with Gasteiger partial charge in [-0.2, -0.15) is 0 Å². The van der Waals surface area contributed by atoms with E-state index < -0.39 is 6.10 Å². The Morgan fingerprint density at radius 2 is 2.00 bits per heavy atom. The van der Waals surface area contributed by atoms with Crippen molar-refractivity contribution >= 4 is 5.91 Å². The molecule has 0 fully saturated rings. The molecule has 0 radical (unpaired) electrons. The lowest BCUT2D eigenvalue weighted by molar-refractivity contribution is -0.118. The molecule has 20 heavy (non-hydrogen) atoms. The molecule has 0 aliphatic heterocycles. The van der Waals surface area contributed by atoms with Crippen molar-refractivity contribution in [1.29, 1.82) is 0 Å². The van der Waals surface area contributed by atoms with Crippen LogP contribution in [0.2, 0.25) is 0 Å². The summed E-state index contributed by atoms with van der Waals surface area (Å²) in [5.41, 5.74) is 0.848. The minimum absolute atomic E-state index is 0.0463. The second-order valence-electron chi connectivity index (χ2n) is 4.62. The predicted octanol–water partition coefficient (Wildman–Crippen LogP) is 1.23. The third-order valence-corrected chi connectivity index (χ3v) is 2.75. The molecule has 5 heteroatoms. The Bertz CT molecular complexity index is 393. The quantitative estimate of drug-likeness (QED) is 0.595. The van der Waals surface area contributed by atoms with Crippen LogP contribution in [0.15, 0.2) is 24.3 Å².